The maximum Gasteiger partial charge on any atom is 0.119 e. The summed E-state index contributed by atoms with van der Waals surface area (Å²) in [6.45, 7) is 0.617. The molecule has 0 bridgehead atoms. The average Bonchev–Trinajstić information content (AvgIpc) is 2.29. The van der Waals surface area contributed by atoms with Gasteiger partial charge in [0.05, 0.1) is 7.11 Å². The molecule has 0 aromatic heterocycles. The minimum atomic E-state index is 0. The van der Waals surface area contributed by atoms with Crippen LogP contribution in [0.4, 0.5) is 0 Å². The lowest BCUT2D eigenvalue weighted by atomic mass is 9.87. The molecule has 0 saturated carbocycles. The zero-order chi connectivity index (χ0) is 10.7. The van der Waals surface area contributed by atoms with Crippen LogP contribution in [0.5, 0.6) is 5.75 Å². The van der Waals surface area contributed by atoms with Crippen LogP contribution in [0.15, 0.2) is 24.3 Å². The first kappa shape index (κ1) is 13.1. The van der Waals surface area contributed by atoms with Crippen LogP contribution in [-0.4, -0.2) is 13.7 Å². The summed E-state index contributed by atoms with van der Waals surface area (Å²) < 4.78 is 5.25. The number of hydrogen-bond acceptors (Lipinski definition) is 2. The zero-order valence-electron chi connectivity index (χ0n) is 9.53. The van der Waals surface area contributed by atoms with Crippen molar-refractivity contribution < 1.29 is 4.74 Å². The molecule has 1 aromatic carbocycles. The number of allylic oxidation sites excluding steroid dienone is 1. The number of nitrogens with two attached hydrogens (primary N) is 1. The molecule has 0 saturated heterocycles. The SMILES string of the molecule is COc1ccc2c(c1)/C(=C\CN)CCC2.Cl. The van der Waals surface area contributed by atoms with Gasteiger partial charge in [-0.1, -0.05) is 12.1 Å². The Bertz CT molecular complexity index is 388. The highest BCUT2D eigenvalue weighted by Gasteiger charge is 2.14. The van der Waals surface area contributed by atoms with E-state index in [4.69, 9.17) is 10.5 Å². The molecule has 2 nitrogen and oxygen atoms in total. The minimum absolute atomic E-state index is 0. The van der Waals surface area contributed by atoms with Gasteiger partial charge in [-0.05, 0) is 48.1 Å². The van der Waals surface area contributed by atoms with Crippen molar-refractivity contribution in [2.45, 2.75) is 19.3 Å². The standard InChI is InChI=1S/C13H17NO.ClH/c1-15-12-6-5-10-3-2-4-11(7-8-14)13(10)9-12;/h5-7,9H,2-4,8,14H2,1H3;1H/b11-7-;. The fourth-order valence-corrected chi connectivity index (χ4v) is 2.16. The van der Waals surface area contributed by atoms with E-state index in [2.05, 4.69) is 18.2 Å². The zero-order valence-corrected chi connectivity index (χ0v) is 10.3. The molecule has 0 spiro atoms. The average molecular weight is 240 g/mol. The van der Waals surface area contributed by atoms with Crippen molar-refractivity contribution in [3.05, 3.63) is 35.4 Å². The Morgan fingerprint density at radius 2 is 2.19 bits per heavy atom. The molecule has 1 aromatic rings. The molecule has 16 heavy (non-hydrogen) atoms. The number of rotatable bonds is 2. The van der Waals surface area contributed by atoms with E-state index in [1.807, 2.05) is 6.07 Å². The summed E-state index contributed by atoms with van der Waals surface area (Å²) in [4.78, 5) is 0. The Hall–Kier alpha value is -0.990. The molecule has 0 amide bonds. The van der Waals surface area contributed by atoms with Gasteiger partial charge in [-0.15, -0.1) is 12.4 Å². The molecule has 88 valence electrons. The lowest BCUT2D eigenvalue weighted by Crippen LogP contribution is -2.04. The Morgan fingerprint density at radius 1 is 1.38 bits per heavy atom. The highest BCUT2D eigenvalue weighted by Crippen LogP contribution is 2.32. The van der Waals surface area contributed by atoms with Gasteiger partial charge < -0.3 is 10.5 Å². The van der Waals surface area contributed by atoms with E-state index in [1.54, 1.807) is 7.11 Å². The fraction of sp³-hybridized carbons (Fsp3) is 0.385. The van der Waals surface area contributed by atoms with Gasteiger partial charge in [0.25, 0.3) is 0 Å². The summed E-state index contributed by atoms with van der Waals surface area (Å²) in [5.74, 6) is 0.929. The molecule has 0 unspecified atom stereocenters. The van der Waals surface area contributed by atoms with Crippen LogP contribution in [-0.2, 0) is 6.42 Å². The lowest BCUT2D eigenvalue weighted by molar-refractivity contribution is 0.414. The second-order valence-electron chi connectivity index (χ2n) is 3.84. The van der Waals surface area contributed by atoms with Crippen LogP contribution in [0.1, 0.15) is 24.0 Å². The highest BCUT2D eigenvalue weighted by atomic mass is 35.5. The summed E-state index contributed by atoms with van der Waals surface area (Å²) in [6.07, 6.45) is 5.65. The predicted octanol–water partition coefficient (Wildman–Crippen LogP) is 2.80. The van der Waals surface area contributed by atoms with E-state index in [9.17, 15) is 0 Å². The van der Waals surface area contributed by atoms with Crippen molar-refractivity contribution in [1.29, 1.82) is 0 Å². The maximum atomic E-state index is 5.58. The summed E-state index contributed by atoms with van der Waals surface area (Å²) in [5.41, 5.74) is 9.70. The number of methoxy groups -OCH3 is 1. The Balaban J connectivity index is 0.00000128. The van der Waals surface area contributed by atoms with E-state index >= 15 is 0 Å². The Labute approximate surface area is 103 Å². The van der Waals surface area contributed by atoms with E-state index in [0.29, 0.717) is 6.54 Å². The largest absolute Gasteiger partial charge is 0.497 e. The molecule has 2 N–H and O–H groups in total. The number of fused-ring (bicyclic) bond motifs is 1. The normalized spacial score (nSPS) is 16.5. The first-order chi connectivity index (χ1) is 7.35. The van der Waals surface area contributed by atoms with Gasteiger partial charge in [0.1, 0.15) is 5.75 Å². The van der Waals surface area contributed by atoms with Crippen LogP contribution >= 0.6 is 12.4 Å². The molecule has 0 fully saturated rings. The van der Waals surface area contributed by atoms with Gasteiger partial charge in [-0.25, -0.2) is 0 Å². The monoisotopic (exact) mass is 239 g/mol. The maximum absolute atomic E-state index is 5.58. The Morgan fingerprint density at radius 3 is 2.88 bits per heavy atom. The second-order valence-corrected chi connectivity index (χ2v) is 3.84. The summed E-state index contributed by atoms with van der Waals surface area (Å²) in [5, 5.41) is 0. The molecule has 3 heteroatoms. The van der Waals surface area contributed by atoms with Gasteiger partial charge >= 0.3 is 0 Å². The molecule has 2 rings (SSSR count). The minimum Gasteiger partial charge on any atom is -0.497 e. The molecule has 0 heterocycles. The van der Waals surface area contributed by atoms with Crippen LogP contribution in [0.25, 0.3) is 5.57 Å². The number of halogens is 1. The van der Waals surface area contributed by atoms with Crippen LogP contribution in [0, 0.1) is 0 Å². The number of benzene rings is 1. The van der Waals surface area contributed by atoms with Crippen molar-refractivity contribution in [3.63, 3.8) is 0 Å². The smallest absolute Gasteiger partial charge is 0.119 e. The lowest BCUT2D eigenvalue weighted by Gasteiger charge is -2.19. The van der Waals surface area contributed by atoms with E-state index in [-0.39, 0.29) is 12.4 Å². The van der Waals surface area contributed by atoms with Crippen molar-refractivity contribution >= 4 is 18.0 Å². The second kappa shape index (κ2) is 5.92. The number of aryl methyl sites for hydroxylation is 1. The quantitative estimate of drug-likeness (QED) is 0.862. The van der Waals surface area contributed by atoms with Crippen LogP contribution in [0.2, 0.25) is 0 Å². The van der Waals surface area contributed by atoms with Crippen molar-refractivity contribution in [1.82, 2.24) is 0 Å². The highest BCUT2D eigenvalue weighted by molar-refractivity contribution is 5.85. The van der Waals surface area contributed by atoms with E-state index in [0.717, 1.165) is 12.2 Å². The van der Waals surface area contributed by atoms with Gasteiger partial charge in [-0.2, -0.15) is 0 Å². The van der Waals surface area contributed by atoms with Gasteiger partial charge in [0.2, 0.25) is 0 Å². The van der Waals surface area contributed by atoms with Gasteiger partial charge in [0.15, 0.2) is 0 Å². The van der Waals surface area contributed by atoms with Gasteiger partial charge in [0, 0.05) is 6.54 Å². The van der Waals surface area contributed by atoms with Crippen molar-refractivity contribution in [2.75, 3.05) is 13.7 Å². The van der Waals surface area contributed by atoms with Crippen molar-refractivity contribution in [3.8, 4) is 5.75 Å². The number of hydrogen-bond donors (Lipinski definition) is 1. The molecule has 0 radical (unpaired) electrons. The first-order valence-electron chi connectivity index (χ1n) is 5.41. The Kier molecular flexibility index (Phi) is 4.84. The van der Waals surface area contributed by atoms with Crippen LogP contribution < -0.4 is 10.5 Å². The molecular formula is C13H18ClNO. The molecule has 0 atom stereocenters. The fourth-order valence-electron chi connectivity index (χ4n) is 2.16. The van der Waals surface area contributed by atoms with Crippen LogP contribution in [0.3, 0.4) is 0 Å². The van der Waals surface area contributed by atoms with E-state index in [1.165, 1.54) is 29.5 Å². The van der Waals surface area contributed by atoms with Crippen molar-refractivity contribution in [2.24, 2.45) is 5.73 Å². The number of ether oxygens (including phenoxy) is 1. The third kappa shape index (κ3) is 2.57. The third-order valence-corrected chi connectivity index (χ3v) is 2.92. The third-order valence-electron chi connectivity index (χ3n) is 2.92. The first-order valence-corrected chi connectivity index (χ1v) is 5.41. The summed E-state index contributed by atoms with van der Waals surface area (Å²) in [6, 6.07) is 6.32. The molecule has 0 aliphatic heterocycles. The molecule has 1 aliphatic carbocycles. The van der Waals surface area contributed by atoms with Gasteiger partial charge in [-0.3, -0.25) is 0 Å². The predicted molar refractivity (Wildman–Crippen MR) is 70.2 cm³/mol. The molecular weight excluding hydrogens is 222 g/mol. The van der Waals surface area contributed by atoms with E-state index < -0.39 is 0 Å². The topological polar surface area (TPSA) is 35.2 Å². The summed E-state index contributed by atoms with van der Waals surface area (Å²) >= 11 is 0. The summed E-state index contributed by atoms with van der Waals surface area (Å²) in [7, 11) is 1.71. The molecule has 1 aliphatic rings.